The molecule has 4 nitrogen and oxygen atoms in total. The summed E-state index contributed by atoms with van der Waals surface area (Å²) in [4.78, 5) is 28.9. The largest absolute Gasteiger partial charge is 0.352 e. The highest BCUT2D eigenvalue weighted by Gasteiger charge is 2.32. The van der Waals surface area contributed by atoms with Gasteiger partial charge in [-0.2, -0.15) is 0 Å². The number of nitrogens with zero attached hydrogens (tertiary/aromatic N) is 1. The van der Waals surface area contributed by atoms with E-state index < -0.39 is 17.7 Å². The van der Waals surface area contributed by atoms with E-state index in [4.69, 9.17) is 11.6 Å². The van der Waals surface area contributed by atoms with Crippen molar-refractivity contribution in [2.24, 2.45) is 0 Å². The first kappa shape index (κ1) is 29.1. The van der Waals surface area contributed by atoms with E-state index in [0.717, 1.165) is 37.7 Å². The zero-order chi connectivity index (χ0) is 27.6. The molecule has 4 rings (SSSR count). The topological polar surface area (TPSA) is 49.4 Å². The number of halogens is 3. The van der Waals surface area contributed by atoms with Gasteiger partial charge < -0.3 is 10.2 Å². The van der Waals surface area contributed by atoms with Crippen LogP contribution in [0.2, 0.25) is 5.02 Å². The Labute approximate surface area is 238 Å². The van der Waals surface area contributed by atoms with Crippen molar-refractivity contribution in [3.05, 3.63) is 106 Å². The van der Waals surface area contributed by atoms with Crippen LogP contribution in [0.1, 0.15) is 48.8 Å². The summed E-state index contributed by atoms with van der Waals surface area (Å²) < 4.78 is 29.0. The van der Waals surface area contributed by atoms with Crippen LogP contribution in [0, 0.1) is 11.6 Å². The first-order chi connectivity index (χ1) is 18.9. The number of carbonyl (C=O) groups is 2. The number of rotatable bonds is 11. The molecule has 1 atom stereocenters. The molecule has 1 aliphatic rings. The van der Waals surface area contributed by atoms with Crippen molar-refractivity contribution in [2.45, 2.75) is 62.9 Å². The summed E-state index contributed by atoms with van der Waals surface area (Å²) >= 11 is 7.38. The van der Waals surface area contributed by atoms with Crippen LogP contribution in [0.25, 0.3) is 0 Å². The molecule has 0 saturated heterocycles. The smallest absolute Gasteiger partial charge is 0.243 e. The van der Waals surface area contributed by atoms with E-state index in [2.05, 4.69) is 5.32 Å². The second-order valence-electron chi connectivity index (χ2n) is 9.86. The van der Waals surface area contributed by atoms with Crippen molar-refractivity contribution in [1.29, 1.82) is 0 Å². The lowest BCUT2D eigenvalue weighted by Crippen LogP contribution is -2.53. The second kappa shape index (κ2) is 14.5. The first-order valence-corrected chi connectivity index (χ1v) is 14.8. The van der Waals surface area contributed by atoms with E-state index in [1.54, 1.807) is 24.3 Å². The van der Waals surface area contributed by atoms with Gasteiger partial charge in [0, 0.05) is 40.9 Å². The second-order valence-corrected chi connectivity index (χ2v) is 11.2. The number of nitrogens with one attached hydrogen (secondary N) is 1. The molecule has 0 spiro atoms. The fourth-order valence-electron chi connectivity index (χ4n) is 4.90. The Morgan fingerprint density at radius 2 is 1.62 bits per heavy atom. The maximum atomic E-state index is 14.7. The maximum absolute atomic E-state index is 14.7. The Hall–Kier alpha value is -2.90. The van der Waals surface area contributed by atoms with Crippen molar-refractivity contribution in [3.63, 3.8) is 0 Å². The lowest BCUT2D eigenvalue weighted by atomic mass is 9.94. The van der Waals surface area contributed by atoms with Crippen molar-refractivity contribution in [1.82, 2.24) is 10.2 Å². The van der Waals surface area contributed by atoms with Crippen LogP contribution in [0.4, 0.5) is 8.78 Å². The molecule has 2 amide bonds. The van der Waals surface area contributed by atoms with Gasteiger partial charge in [0.25, 0.3) is 0 Å². The first-order valence-electron chi connectivity index (χ1n) is 13.3. The normalized spacial score (nSPS) is 14.5. The number of hydrogen-bond acceptors (Lipinski definition) is 3. The Balaban J connectivity index is 1.59. The Morgan fingerprint density at radius 1 is 0.923 bits per heavy atom. The minimum atomic E-state index is -0.834. The van der Waals surface area contributed by atoms with E-state index in [-0.39, 0.29) is 35.9 Å². The molecule has 0 radical (unpaired) electrons. The minimum absolute atomic E-state index is 0.0128. The molecule has 0 heterocycles. The van der Waals surface area contributed by atoms with Crippen molar-refractivity contribution >= 4 is 35.2 Å². The van der Waals surface area contributed by atoms with Gasteiger partial charge in [-0.1, -0.05) is 85.5 Å². The highest BCUT2D eigenvalue weighted by atomic mass is 35.5. The molecular weight excluding hydrogens is 538 g/mol. The summed E-state index contributed by atoms with van der Waals surface area (Å²) in [6.45, 7) is -0.0535. The van der Waals surface area contributed by atoms with E-state index in [9.17, 15) is 18.4 Å². The summed E-state index contributed by atoms with van der Waals surface area (Å²) in [5, 5.41) is 3.47. The molecule has 39 heavy (non-hydrogen) atoms. The van der Waals surface area contributed by atoms with Crippen LogP contribution >= 0.6 is 23.4 Å². The molecule has 8 heteroatoms. The van der Waals surface area contributed by atoms with Crippen molar-refractivity contribution in [3.8, 4) is 0 Å². The van der Waals surface area contributed by atoms with Gasteiger partial charge in [-0.15, -0.1) is 11.8 Å². The van der Waals surface area contributed by atoms with Crippen LogP contribution in [-0.2, 0) is 28.3 Å². The summed E-state index contributed by atoms with van der Waals surface area (Å²) in [5.41, 5.74) is 1.56. The monoisotopic (exact) mass is 570 g/mol. The summed E-state index contributed by atoms with van der Waals surface area (Å²) in [6.07, 6.45) is 5.38. The van der Waals surface area contributed by atoms with Crippen LogP contribution < -0.4 is 5.32 Å². The minimum Gasteiger partial charge on any atom is -0.352 e. The predicted molar refractivity (Wildman–Crippen MR) is 153 cm³/mol. The summed E-state index contributed by atoms with van der Waals surface area (Å²) in [7, 11) is 0. The lowest BCUT2D eigenvalue weighted by Gasteiger charge is -2.33. The van der Waals surface area contributed by atoms with Gasteiger partial charge in [-0.3, -0.25) is 9.59 Å². The number of carbonyl (C=O) groups excluding carboxylic acids is 2. The van der Waals surface area contributed by atoms with E-state index >= 15 is 0 Å². The molecule has 1 saturated carbocycles. The van der Waals surface area contributed by atoms with E-state index in [1.165, 1.54) is 34.9 Å². The van der Waals surface area contributed by atoms with E-state index in [1.807, 2.05) is 30.3 Å². The molecule has 3 aromatic carbocycles. The van der Waals surface area contributed by atoms with Gasteiger partial charge in [-0.25, -0.2) is 8.78 Å². The van der Waals surface area contributed by atoms with Crippen molar-refractivity contribution in [2.75, 3.05) is 5.75 Å². The Bertz CT molecular complexity index is 1230. The molecule has 1 fully saturated rings. The Morgan fingerprint density at radius 3 is 2.33 bits per heavy atom. The fourth-order valence-corrected chi connectivity index (χ4v) is 6.15. The molecule has 206 valence electrons. The van der Waals surface area contributed by atoms with Crippen LogP contribution in [0.3, 0.4) is 0 Å². The van der Waals surface area contributed by atoms with E-state index in [0.29, 0.717) is 22.6 Å². The predicted octanol–water partition coefficient (Wildman–Crippen LogP) is 6.94. The zero-order valence-electron chi connectivity index (χ0n) is 21.8. The molecule has 0 bridgehead atoms. The molecule has 0 aromatic heterocycles. The number of amides is 2. The van der Waals surface area contributed by atoms with Crippen LogP contribution in [0.15, 0.2) is 72.8 Å². The third kappa shape index (κ3) is 8.29. The van der Waals surface area contributed by atoms with Crippen LogP contribution in [0.5, 0.6) is 0 Å². The van der Waals surface area contributed by atoms with Crippen LogP contribution in [-0.4, -0.2) is 34.6 Å². The molecule has 1 N–H and O–H groups in total. The number of thioether (sulfide) groups is 1. The quantitative estimate of drug-likeness (QED) is 0.272. The summed E-state index contributed by atoms with van der Waals surface area (Å²) in [5.74, 6) is -1.25. The van der Waals surface area contributed by atoms with Gasteiger partial charge in [0.05, 0.1) is 5.75 Å². The lowest BCUT2D eigenvalue weighted by molar-refractivity contribution is -0.139. The third-order valence-electron chi connectivity index (χ3n) is 7.05. The maximum Gasteiger partial charge on any atom is 0.243 e. The third-order valence-corrected chi connectivity index (χ3v) is 8.35. The number of benzene rings is 3. The highest BCUT2D eigenvalue weighted by Crippen LogP contribution is 2.25. The average Bonchev–Trinajstić information content (AvgIpc) is 2.94. The van der Waals surface area contributed by atoms with Gasteiger partial charge in [-0.05, 0) is 36.6 Å². The van der Waals surface area contributed by atoms with Gasteiger partial charge in [0.1, 0.15) is 17.7 Å². The molecule has 1 aliphatic carbocycles. The highest BCUT2D eigenvalue weighted by molar-refractivity contribution is 7.99. The average molecular weight is 571 g/mol. The molecule has 0 unspecified atom stereocenters. The molecular formula is C31H33ClF2N2O2S. The van der Waals surface area contributed by atoms with Gasteiger partial charge in [0.15, 0.2) is 0 Å². The fraction of sp³-hybridized carbons (Fsp3) is 0.355. The van der Waals surface area contributed by atoms with Crippen molar-refractivity contribution < 1.29 is 18.4 Å². The Kier molecular flexibility index (Phi) is 10.8. The summed E-state index contributed by atoms with van der Waals surface area (Å²) in [6, 6.07) is 19.5. The van der Waals surface area contributed by atoms with Gasteiger partial charge >= 0.3 is 0 Å². The molecule has 3 aromatic rings. The SMILES string of the molecule is O=C(NC1CCCCC1)[C@H](Cc1ccccc1)N(Cc1ccccc1F)C(=O)CSCc1c(F)cccc1Cl. The zero-order valence-corrected chi connectivity index (χ0v) is 23.3. The number of hydrogen-bond donors (Lipinski definition) is 1. The molecule has 0 aliphatic heterocycles. The van der Waals surface area contributed by atoms with Gasteiger partial charge in [0.2, 0.25) is 11.8 Å². The standard InChI is InChI=1S/C31H33ClF2N2O2S/c32-26-15-9-17-28(34)25(26)20-39-21-30(37)36(19-23-12-7-8-16-27(23)33)29(18-22-10-3-1-4-11-22)31(38)35-24-13-5-2-6-14-24/h1,3-4,7-12,15-17,24,29H,2,5-6,13-14,18-21H2,(H,35,38)/t29-/m0/s1.